The van der Waals surface area contributed by atoms with Crippen molar-refractivity contribution in [3.05, 3.63) is 12.2 Å². The normalized spacial score (nSPS) is 28.6. The van der Waals surface area contributed by atoms with E-state index in [4.69, 9.17) is 0 Å². The minimum atomic E-state index is -1.08. The summed E-state index contributed by atoms with van der Waals surface area (Å²) in [4.78, 5) is 13.2. The lowest BCUT2D eigenvalue weighted by atomic mass is 9.84. The molecular formula is C18H34N2O4. The van der Waals surface area contributed by atoms with Crippen LogP contribution < -0.4 is 5.32 Å². The first-order valence-corrected chi connectivity index (χ1v) is 8.74. The van der Waals surface area contributed by atoms with Gasteiger partial charge >= 0.3 is 0 Å². The zero-order valence-corrected chi connectivity index (χ0v) is 15.5. The van der Waals surface area contributed by atoms with Gasteiger partial charge in [0, 0.05) is 13.5 Å². The number of allylic oxidation sites excluding steroid dienone is 1. The van der Waals surface area contributed by atoms with Crippen LogP contribution in [0.4, 0.5) is 0 Å². The summed E-state index contributed by atoms with van der Waals surface area (Å²) in [5, 5.41) is 32.6. The summed E-state index contributed by atoms with van der Waals surface area (Å²) < 4.78 is 0. The van der Waals surface area contributed by atoms with E-state index in [1.165, 1.54) is 12.5 Å². The highest BCUT2D eigenvalue weighted by molar-refractivity contribution is 5.73. The van der Waals surface area contributed by atoms with E-state index in [1.807, 2.05) is 4.90 Å². The monoisotopic (exact) mass is 342 g/mol. The Hall–Kier alpha value is -0.950. The average Bonchev–Trinajstić information content (AvgIpc) is 2.47. The maximum Gasteiger partial charge on any atom is 0.217 e. The molecule has 0 saturated carbocycles. The quantitative estimate of drug-likeness (QED) is 0.403. The molecule has 1 amide bonds. The van der Waals surface area contributed by atoms with Crippen LogP contribution in [0.5, 0.6) is 0 Å². The van der Waals surface area contributed by atoms with Gasteiger partial charge < -0.3 is 20.6 Å². The van der Waals surface area contributed by atoms with Gasteiger partial charge in [0.05, 0.1) is 24.8 Å². The molecule has 1 saturated heterocycles. The molecule has 4 atom stereocenters. The standard InChI is InChI=1S/C18H34N2O4/c1-12(18(3,4)5)8-6-7-9-20-10-14(19-13(2)22)16(23)17(24)15(20)11-21/h14-17,21,23-24H,1,6-11H2,2-5H3,(H,19,22)/t14?,15?,16?,17-/m0/s1. The molecule has 6 nitrogen and oxygen atoms in total. The number of aliphatic hydroxyl groups excluding tert-OH is 3. The van der Waals surface area contributed by atoms with Crippen LogP contribution in [0.15, 0.2) is 12.2 Å². The Labute approximate surface area is 145 Å². The maximum atomic E-state index is 11.3. The van der Waals surface area contributed by atoms with Crippen molar-refractivity contribution < 1.29 is 20.1 Å². The molecule has 0 radical (unpaired) electrons. The number of likely N-dealkylation sites (tertiary alicyclic amines) is 1. The van der Waals surface area contributed by atoms with Crippen molar-refractivity contribution in [2.45, 2.75) is 71.2 Å². The summed E-state index contributed by atoms with van der Waals surface area (Å²) in [6.07, 6.45) is 0.685. The second kappa shape index (κ2) is 8.94. The first kappa shape index (κ1) is 21.1. The molecule has 0 bridgehead atoms. The predicted molar refractivity (Wildman–Crippen MR) is 94.5 cm³/mol. The molecule has 0 aromatic heterocycles. The van der Waals surface area contributed by atoms with Gasteiger partial charge in [-0.3, -0.25) is 9.69 Å². The minimum absolute atomic E-state index is 0.107. The number of hydrogen-bond donors (Lipinski definition) is 4. The number of aliphatic hydroxyl groups is 3. The van der Waals surface area contributed by atoms with Crippen molar-refractivity contribution in [3.8, 4) is 0 Å². The zero-order valence-electron chi connectivity index (χ0n) is 15.5. The average molecular weight is 342 g/mol. The van der Waals surface area contributed by atoms with Gasteiger partial charge in [0.15, 0.2) is 0 Å². The van der Waals surface area contributed by atoms with Crippen molar-refractivity contribution in [1.82, 2.24) is 10.2 Å². The Morgan fingerprint density at radius 3 is 2.38 bits per heavy atom. The van der Waals surface area contributed by atoms with Gasteiger partial charge in [0.2, 0.25) is 5.91 Å². The number of piperidine rings is 1. The van der Waals surface area contributed by atoms with Gasteiger partial charge in [-0.05, 0) is 31.2 Å². The molecule has 24 heavy (non-hydrogen) atoms. The summed E-state index contributed by atoms with van der Waals surface area (Å²) in [6, 6.07) is -1.03. The molecule has 1 heterocycles. The Bertz CT molecular complexity index is 433. The topological polar surface area (TPSA) is 93.0 Å². The van der Waals surface area contributed by atoms with Gasteiger partial charge in [0.25, 0.3) is 0 Å². The van der Waals surface area contributed by atoms with E-state index in [0.717, 1.165) is 19.3 Å². The van der Waals surface area contributed by atoms with E-state index in [0.29, 0.717) is 13.1 Å². The Morgan fingerprint density at radius 2 is 1.88 bits per heavy atom. The lowest BCUT2D eigenvalue weighted by Gasteiger charge is -2.45. The molecule has 1 fully saturated rings. The van der Waals surface area contributed by atoms with Gasteiger partial charge in [-0.1, -0.05) is 32.9 Å². The largest absolute Gasteiger partial charge is 0.395 e. The van der Waals surface area contributed by atoms with Gasteiger partial charge in [-0.15, -0.1) is 0 Å². The highest BCUT2D eigenvalue weighted by Gasteiger charge is 2.41. The molecule has 0 spiro atoms. The third kappa shape index (κ3) is 5.84. The summed E-state index contributed by atoms with van der Waals surface area (Å²) in [7, 11) is 0. The number of nitrogens with one attached hydrogen (secondary N) is 1. The Balaban J connectivity index is 2.57. The summed E-state index contributed by atoms with van der Waals surface area (Å²) in [6.45, 7) is 12.9. The number of unbranched alkanes of at least 4 members (excludes halogenated alkanes) is 1. The maximum absolute atomic E-state index is 11.3. The van der Waals surface area contributed by atoms with Gasteiger partial charge in [0.1, 0.15) is 6.10 Å². The fraction of sp³-hybridized carbons (Fsp3) is 0.833. The third-order valence-corrected chi connectivity index (χ3v) is 4.87. The van der Waals surface area contributed by atoms with Crippen molar-refractivity contribution >= 4 is 5.91 Å². The number of hydrogen-bond acceptors (Lipinski definition) is 5. The molecule has 1 aliphatic heterocycles. The van der Waals surface area contributed by atoms with E-state index in [-0.39, 0.29) is 17.9 Å². The van der Waals surface area contributed by atoms with Crippen molar-refractivity contribution in [1.29, 1.82) is 0 Å². The Morgan fingerprint density at radius 1 is 1.25 bits per heavy atom. The highest BCUT2D eigenvalue weighted by Crippen LogP contribution is 2.28. The fourth-order valence-electron chi connectivity index (χ4n) is 3.08. The van der Waals surface area contributed by atoms with Gasteiger partial charge in [-0.2, -0.15) is 0 Å². The predicted octanol–water partition coefficient (Wildman–Crippen LogP) is 0.662. The molecule has 1 aliphatic rings. The molecular weight excluding hydrogens is 308 g/mol. The van der Waals surface area contributed by atoms with Gasteiger partial charge in [-0.25, -0.2) is 0 Å². The summed E-state index contributed by atoms with van der Waals surface area (Å²) in [5.41, 5.74) is 1.32. The Kier molecular flexibility index (Phi) is 7.86. The van der Waals surface area contributed by atoms with Crippen molar-refractivity contribution in [2.75, 3.05) is 19.7 Å². The van der Waals surface area contributed by atoms with Crippen LogP contribution in [0.1, 0.15) is 47.0 Å². The molecule has 6 heteroatoms. The van der Waals surface area contributed by atoms with Crippen LogP contribution in [0.3, 0.4) is 0 Å². The first-order valence-electron chi connectivity index (χ1n) is 8.74. The molecule has 0 aliphatic carbocycles. The SMILES string of the molecule is C=C(CCCCN1CC(NC(C)=O)C(O)[C@@H](O)C1CO)C(C)(C)C. The summed E-state index contributed by atoms with van der Waals surface area (Å²) in [5.74, 6) is -0.241. The fourth-order valence-corrected chi connectivity index (χ4v) is 3.08. The van der Waals surface area contributed by atoms with Crippen LogP contribution in [0, 0.1) is 5.41 Å². The van der Waals surface area contributed by atoms with Crippen molar-refractivity contribution in [2.24, 2.45) is 5.41 Å². The van der Waals surface area contributed by atoms with Crippen LogP contribution in [-0.4, -0.2) is 70.1 Å². The molecule has 140 valence electrons. The number of amides is 1. The molecule has 1 rings (SSSR count). The molecule has 4 N–H and O–H groups in total. The number of carbonyl (C=O) groups excluding carboxylic acids is 1. The lowest BCUT2D eigenvalue weighted by molar-refractivity contribution is -0.128. The second-order valence-electron chi connectivity index (χ2n) is 7.84. The minimum Gasteiger partial charge on any atom is -0.395 e. The van der Waals surface area contributed by atoms with E-state index in [9.17, 15) is 20.1 Å². The lowest BCUT2D eigenvalue weighted by Crippen LogP contribution is -2.66. The van der Waals surface area contributed by atoms with Crippen LogP contribution in [0.2, 0.25) is 0 Å². The van der Waals surface area contributed by atoms with E-state index < -0.39 is 24.3 Å². The summed E-state index contributed by atoms with van der Waals surface area (Å²) >= 11 is 0. The zero-order chi connectivity index (χ0) is 18.5. The number of rotatable bonds is 7. The van der Waals surface area contributed by atoms with Crippen LogP contribution in [0.25, 0.3) is 0 Å². The molecule has 3 unspecified atom stereocenters. The number of carbonyl (C=O) groups is 1. The highest BCUT2D eigenvalue weighted by atomic mass is 16.3. The molecule has 0 aromatic rings. The van der Waals surface area contributed by atoms with Crippen LogP contribution in [-0.2, 0) is 4.79 Å². The van der Waals surface area contributed by atoms with Crippen LogP contribution >= 0.6 is 0 Å². The second-order valence-corrected chi connectivity index (χ2v) is 7.84. The first-order chi connectivity index (χ1) is 11.1. The van der Waals surface area contributed by atoms with E-state index in [2.05, 4.69) is 32.7 Å². The molecule has 0 aromatic carbocycles. The number of nitrogens with zero attached hydrogens (tertiary/aromatic N) is 1. The van der Waals surface area contributed by atoms with E-state index >= 15 is 0 Å². The van der Waals surface area contributed by atoms with Crippen molar-refractivity contribution in [3.63, 3.8) is 0 Å². The smallest absolute Gasteiger partial charge is 0.217 e. The van der Waals surface area contributed by atoms with E-state index in [1.54, 1.807) is 0 Å². The third-order valence-electron chi connectivity index (χ3n) is 4.87.